The largest absolute Gasteiger partial charge is 0.493 e. The third kappa shape index (κ3) is 4.49. The minimum atomic E-state index is -0.295. The van der Waals surface area contributed by atoms with Crippen LogP contribution in [0, 0.1) is 5.92 Å². The highest BCUT2D eigenvalue weighted by molar-refractivity contribution is 6.36. The van der Waals surface area contributed by atoms with E-state index in [0.29, 0.717) is 35.9 Å². The van der Waals surface area contributed by atoms with Crippen molar-refractivity contribution in [1.29, 1.82) is 0 Å². The molecule has 2 aliphatic rings. The second kappa shape index (κ2) is 9.47. The van der Waals surface area contributed by atoms with Crippen LogP contribution >= 0.6 is 0 Å². The number of carbonyl (C=O) groups is 2. The highest BCUT2D eigenvalue weighted by atomic mass is 16.5. The van der Waals surface area contributed by atoms with E-state index in [1.54, 1.807) is 0 Å². The fourth-order valence-corrected chi connectivity index (χ4v) is 4.10. The number of nitrogens with one attached hydrogen (secondary N) is 1. The summed E-state index contributed by atoms with van der Waals surface area (Å²) in [5, 5.41) is 3.22. The van der Waals surface area contributed by atoms with Crippen LogP contribution in [-0.2, 0) is 9.59 Å². The van der Waals surface area contributed by atoms with Crippen LogP contribution in [0.3, 0.4) is 0 Å². The summed E-state index contributed by atoms with van der Waals surface area (Å²) in [6.07, 6.45) is 2.45. The van der Waals surface area contributed by atoms with Crippen LogP contribution < -0.4 is 15.0 Å². The Kier molecular flexibility index (Phi) is 6.49. The molecule has 6 heteroatoms. The molecule has 2 heterocycles. The van der Waals surface area contributed by atoms with E-state index in [-0.39, 0.29) is 11.8 Å². The number of ether oxygens (including phenoxy) is 1. The Balaban J connectivity index is 1.60. The SMILES string of the molecule is CCN1C(=O)C(Nc2ccc(N3CCCC3)cc2)=C(c2ccc(OCC(C)C)cc2)C1=O. The van der Waals surface area contributed by atoms with Crippen molar-refractivity contribution in [3.05, 3.63) is 59.8 Å². The summed E-state index contributed by atoms with van der Waals surface area (Å²) in [6.45, 7) is 9.12. The molecule has 0 spiro atoms. The zero-order valence-corrected chi connectivity index (χ0v) is 19.1. The summed E-state index contributed by atoms with van der Waals surface area (Å²) in [6, 6.07) is 15.4. The van der Waals surface area contributed by atoms with Crippen molar-refractivity contribution in [3.8, 4) is 5.75 Å². The van der Waals surface area contributed by atoms with E-state index in [1.807, 2.05) is 43.3 Å². The number of likely N-dealkylation sites (N-methyl/N-ethyl adjacent to an activating group) is 1. The number of nitrogens with zero attached hydrogens (tertiary/aromatic N) is 2. The quantitative estimate of drug-likeness (QED) is 0.620. The summed E-state index contributed by atoms with van der Waals surface area (Å²) in [5.41, 5.74) is 3.39. The Morgan fingerprint density at radius 1 is 0.938 bits per heavy atom. The van der Waals surface area contributed by atoms with Gasteiger partial charge in [-0.3, -0.25) is 14.5 Å². The number of hydrogen-bond donors (Lipinski definition) is 1. The van der Waals surface area contributed by atoms with E-state index in [0.717, 1.165) is 24.5 Å². The molecule has 32 heavy (non-hydrogen) atoms. The van der Waals surface area contributed by atoms with Crippen LogP contribution in [0.2, 0.25) is 0 Å². The lowest BCUT2D eigenvalue weighted by Gasteiger charge is -2.18. The van der Waals surface area contributed by atoms with E-state index < -0.39 is 0 Å². The van der Waals surface area contributed by atoms with Crippen LogP contribution in [0.5, 0.6) is 5.75 Å². The average molecular weight is 434 g/mol. The lowest BCUT2D eigenvalue weighted by molar-refractivity contribution is -0.136. The number of imide groups is 1. The number of anilines is 2. The summed E-state index contributed by atoms with van der Waals surface area (Å²) in [5.74, 6) is 0.608. The van der Waals surface area contributed by atoms with Gasteiger partial charge in [-0.05, 0) is 67.6 Å². The number of benzene rings is 2. The molecule has 4 rings (SSSR count). The average Bonchev–Trinajstić information content (AvgIpc) is 3.41. The van der Waals surface area contributed by atoms with Crippen molar-refractivity contribution in [2.45, 2.75) is 33.6 Å². The fourth-order valence-electron chi connectivity index (χ4n) is 4.10. The number of hydrogen-bond acceptors (Lipinski definition) is 5. The molecule has 2 amide bonds. The molecule has 2 aromatic carbocycles. The van der Waals surface area contributed by atoms with Crippen LogP contribution in [0.1, 0.15) is 39.2 Å². The van der Waals surface area contributed by atoms with Gasteiger partial charge in [-0.2, -0.15) is 0 Å². The minimum Gasteiger partial charge on any atom is -0.493 e. The van der Waals surface area contributed by atoms with E-state index in [4.69, 9.17) is 4.74 Å². The van der Waals surface area contributed by atoms with Crippen molar-refractivity contribution < 1.29 is 14.3 Å². The first kappa shape index (κ1) is 21.9. The Morgan fingerprint density at radius 3 is 2.19 bits per heavy atom. The lowest BCUT2D eigenvalue weighted by atomic mass is 10.0. The van der Waals surface area contributed by atoms with Crippen LogP contribution in [-0.4, -0.2) is 43.0 Å². The first-order valence-electron chi connectivity index (χ1n) is 11.4. The molecule has 1 N–H and O–H groups in total. The van der Waals surface area contributed by atoms with Gasteiger partial charge < -0.3 is 15.0 Å². The molecule has 0 saturated carbocycles. The predicted octanol–water partition coefficient (Wildman–Crippen LogP) is 4.53. The van der Waals surface area contributed by atoms with Gasteiger partial charge in [0, 0.05) is 31.0 Å². The maximum Gasteiger partial charge on any atom is 0.278 e. The Labute approximate surface area is 189 Å². The molecule has 2 aliphatic heterocycles. The van der Waals surface area contributed by atoms with Gasteiger partial charge in [-0.15, -0.1) is 0 Å². The smallest absolute Gasteiger partial charge is 0.278 e. The molecule has 0 aliphatic carbocycles. The van der Waals surface area contributed by atoms with Gasteiger partial charge in [0.1, 0.15) is 11.4 Å². The highest BCUT2D eigenvalue weighted by Crippen LogP contribution is 2.32. The third-order valence-electron chi connectivity index (χ3n) is 5.82. The second-order valence-corrected chi connectivity index (χ2v) is 8.70. The molecular weight excluding hydrogens is 402 g/mol. The summed E-state index contributed by atoms with van der Waals surface area (Å²) >= 11 is 0. The van der Waals surface area contributed by atoms with Crippen molar-refractivity contribution in [3.63, 3.8) is 0 Å². The Bertz CT molecular complexity index is 1000. The van der Waals surface area contributed by atoms with E-state index in [2.05, 4.69) is 36.2 Å². The van der Waals surface area contributed by atoms with Gasteiger partial charge in [0.2, 0.25) is 0 Å². The van der Waals surface area contributed by atoms with E-state index >= 15 is 0 Å². The number of carbonyl (C=O) groups excluding carboxylic acids is 2. The van der Waals surface area contributed by atoms with Crippen molar-refractivity contribution >= 4 is 28.8 Å². The van der Waals surface area contributed by atoms with Gasteiger partial charge in [0.25, 0.3) is 11.8 Å². The normalized spacial score (nSPS) is 16.5. The van der Waals surface area contributed by atoms with Crippen LogP contribution in [0.25, 0.3) is 5.57 Å². The van der Waals surface area contributed by atoms with Crippen molar-refractivity contribution in [2.24, 2.45) is 5.92 Å². The van der Waals surface area contributed by atoms with Gasteiger partial charge in [-0.25, -0.2) is 0 Å². The molecule has 0 aromatic heterocycles. The van der Waals surface area contributed by atoms with Gasteiger partial charge >= 0.3 is 0 Å². The maximum absolute atomic E-state index is 13.0. The minimum absolute atomic E-state index is 0.274. The van der Waals surface area contributed by atoms with E-state index in [1.165, 1.54) is 23.4 Å². The molecule has 0 atom stereocenters. The molecule has 168 valence electrons. The Hall–Kier alpha value is -3.28. The van der Waals surface area contributed by atoms with E-state index in [9.17, 15) is 9.59 Å². The number of amides is 2. The zero-order valence-electron chi connectivity index (χ0n) is 19.1. The van der Waals surface area contributed by atoms with Crippen molar-refractivity contribution in [1.82, 2.24) is 4.90 Å². The molecule has 1 saturated heterocycles. The number of rotatable bonds is 8. The zero-order chi connectivity index (χ0) is 22.7. The summed E-state index contributed by atoms with van der Waals surface area (Å²) < 4.78 is 5.75. The molecule has 1 fully saturated rings. The van der Waals surface area contributed by atoms with Crippen LogP contribution in [0.15, 0.2) is 54.2 Å². The van der Waals surface area contributed by atoms with Crippen molar-refractivity contribution in [2.75, 3.05) is 36.5 Å². The molecule has 0 radical (unpaired) electrons. The maximum atomic E-state index is 13.0. The Morgan fingerprint density at radius 2 is 1.59 bits per heavy atom. The van der Waals surface area contributed by atoms with Crippen LogP contribution in [0.4, 0.5) is 11.4 Å². The van der Waals surface area contributed by atoms with Gasteiger partial charge in [-0.1, -0.05) is 26.0 Å². The van der Waals surface area contributed by atoms with Gasteiger partial charge in [0.05, 0.1) is 12.2 Å². The molecule has 0 bridgehead atoms. The van der Waals surface area contributed by atoms with Gasteiger partial charge in [0.15, 0.2) is 0 Å². The summed E-state index contributed by atoms with van der Waals surface area (Å²) in [7, 11) is 0. The summed E-state index contributed by atoms with van der Waals surface area (Å²) in [4.78, 5) is 29.7. The predicted molar refractivity (Wildman–Crippen MR) is 128 cm³/mol. The monoisotopic (exact) mass is 433 g/mol. The molecular formula is C26H31N3O3. The highest BCUT2D eigenvalue weighted by Gasteiger charge is 2.38. The first-order chi connectivity index (χ1) is 15.5. The topological polar surface area (TPSA) is 61.9 Å². The fraction of sp³-hybridized carbons (Fsp3) is 0.385. The molecule has 6 nitrogen and oxygen atoms in total. The lowest BCUT2D eigenvalue weighted by Crippen LogP contribution is -2.32. The molecule has 0 unspecified atom stereocenters. The first-order valence-corrected chi connectivity index (χ1v) is 11.4. The second-order valence-electron chi connectivity index (χ2n) is 8.70. The third-order valence-corrected chi connectivity index (χ3v) is 5.82. The molecule has 2 aromatic rings. The standard InChI is InChI=1S/C26H31N3O3/c1-4-29-25(30)23(19-7-13-22(14-8-19)32-17-18(2)3)24(26(29)31)27-20-9-11-21(12-10-20)28-15-5-6-16-28/h7-14,18,27H,4-6,15-17H2,1-3H3.